The van der Waals surface area contributed by atoms with Crippen LogP contribution in [0.1, 0.15) is 11.5 Å². The molecule has 1 aliphatic heterocycles. The van der Waals surface area contributed by atoms with Gasteiger partial charge in [-0.2, -0.15) is 4.39 Å². The highest BCUT2D eigenvalue weighted by Crippen LogP contribution is 2.34. The number of anilines is 1. The lowest BCUT2D eigenvalue weighted by Gasteiger charge is -2.17. The number of benzene rings is 1. The van der Waals surface area contributed by atoms with Gasteiger partial charge >= 0.3 is 0 Å². The van der Waals surface area contributed by atoms with E-state index < -0.39 is 41.2 Å². The van der Waals surface area contributed by atoms with E-state index in [9.17, 15) is 22.8 Å². The summed E-state index contributed by atoms with van der Waals surface area (Å²) in [5.74, 6) is -5.79. The van der Waals surface area contributed by atoms with E-state index in [1.54, 1.807) is 0 Å². The lowest BCUT2D eigenvalue weighted by atomic mass is 9.88. The van der Waals surface area contributed by atoms with Crippen LogP contribution in [0.15, 0.2) is 36.4 Å². The fourth-order valence-electron chi connectivity index (χ4n) is 2.92. The number of halogens is 3. The van der Waals surface area contributed by atoms with Gasteiger partial charge in [-0.1, -0.05) is 12.1 Å². The molecule has 1 fully saturated rings. The first kappa shape index (κ1) is 16.9. The molecule has 5 nitrogen and oxygen atoms in total. The molecular formula is C17H14F3N3O2. The van der Waals surface area contributed by atoms with Crippen molar-refractivity contribution in [3.63, 3.8) is 0 Å². The molecule has 0 unspecified atom stereocenters. The van der Waals surface area contributed by atoms with Crippen molar-refractivity contribution < 1.29 is 22.8 Å². The lowest BCUT2D eigenvalue weighted by Crippen LogP contribution is -2.33. The molecule has 3 rings (SSSR count). The van der Waals surface area contributed by atoms with Crippen LogP contribution in [0.5, 0.6) is 0 Å². The Kier molecular flexibility index (Phi) is 4.43. The summed E-state index contributed by atoms with van der Waals surface area (Å²) in [4.78, 5) is 29.7. The van der Waals surface area contributed by atoms with Crippen LogP contribution in [0.25, 0.3) is 0 Å². The van der Waals surface area contributed by atoms with Gasteiger partial charge in [0.2, 0.25) is 17.8 Å². The van der Waals surface area contributed by atoms with E-state index in [-0.39, 0.29) is 12.4 Å². The number of nitrogens with one attached hydrogen (secondary N) is 1. The van der Waals surface area contributed by atoms with Gasteiger partial charge in [0.15, 0.2) is 11.6 Å². The largest absolute Gasteiger partial charge is 0.344 e. The Bertz CT molecular complexity index is 844. The van der Waals surface area contributed by atoms with E-state index in [0.717, 1.165) is 18.2 Å². The molecule has 1 saturated heterocycles. The van der Waals surface area contributed by atoms with Gasteiger partial charge in [0.05, 0.1) is 0 Å². The smallest absolute Gasteiger partial charge is 0.238 e. The maximum Gasteiger partial charge on any atom is 0.238 e. The van der Waals surface area contributed by atoms with Crippen molar-refractivity contribution in [1.82, 2.24) is 9.88 Å². The number of hydrogen-bond donors (Lipinski definition) is 1. The molecule has 2 aromatic rings. The lowest BCUT2D eigenvalue weighted by molar-refractivity contribution is -0.135. The second-order valence-electron chi connectivity index (χ2n) is 5.81. The van der Waals surface area contributed by atoms with Gasteiger partial charge in [-0.05, 0) is 29.8 Å². The molecule has 2 heterocycles. The monoisotopic (exact) mass is 349 g/mol. The number of rotatable bonds is 3. The maximum absolute atomic E-state index is 13.5. The van der Waals surface area contributed by atoms with Crippen LogP contribution in [-0.4, -0.2) is 35.3 Å². The Labute approximate surface area is 141 Å². The molecular weight excluding hydrogens is 335 g/mol. The fourth-order valence-corrected chi connectivity index (χ4v) is 2.92. The van der Waals surface area contributed by atoms with E-state index in [4.69, 9.17) is 0 Å². The van der Waals surface area contributed by atoms with Crippen LogP contribution >= 0.6 is 0 Å². The summed E-state index contributed by atoms with van der Waals surface area (Å²) in [5.41, 5.74) is 0.337. The highest BCUT2D eigenvalue weighted by atomic mass is 19.2. The molecule has 0 saturated carbocycles. The average molecular weight is 349 g/mol. The Balaban J connectivity index is 1.89. The molecule has 0 bridgehead atoms. The van der Waals surface area contributed by atoms with Gasteiger partial charge in [0.1, 0.15) is 11.7 Å². The second kappa shape index (κ2) is 6.54. The van der Waals surface area contributed by atoms with Crippen LogP contribution in [0.2, 0.25) is 0 Å². The molecule has 1 aromatic heterocycles. The third-order valence-electron chi connectivity index (χ3n) is 4.14. The molecule has 8 heteroatoms. The van der Waals surface area contributed by atoms with Crippen molar-refractivity contribution in [2.24, 2.45) is 5.92 Å². The third-order valence-corrected chi connectivity index (χ3v) is 4.14. The van der Waals surface area contributed by atoms with E-state index >= 15 is 0 Å². The number of carbonyl (C=O) groups excluding carboxylic acids is 2. The van der Waals surface area contributed by atoms with E-state index in [1.165, 1.54) is 30.1 Å². The van der Waals surface area contributed by atoms with Crippen molar-refractivity contribution in [1.29, 1.82) is 0 Å². The van der Waals surface area contributed by atoms with Crippen LogP contribution in [0, 0.1) is 23.5 Å². The average Bonchev–Trinajstić information content (AvgIpc) is 2.85. The van der Waals surface area contributed by atoms with Crippen molar-refractivity contribution >= 4 is 17.6 Å². The molecule has 1 aliphatic rings. The number of hydrogen-bond acceptors (Lipinski definition) is 3. The standard InChI is InChI=1S/C17H14F3N3O2/c1-23-8-10(9-5-6-11(18)12(19)7-9)15(17(23)25)16(24)22-14-4-2-3-13(20)21-14/h2-7,10,15H,8H2,1H3,(H,21,22,24)/t10-,15+/m1/s1. The molecule has 1 N–H and O–H groups in total. The first-order chi connectivity index (χ1) is 11.9. The van der Waals surface area contributed by atoms with Crippen molar-refractivity contribution in [2.75, 3.05) is 18.9 Å². The molecule has 2 atom stereocenters. The molecule has 0 radical (unpaired) electrons. The molecule has 2 amide bonds. The highest BCUT2D eigenvalue weighted by Gasteiger charge is 2.44. The first-order valence-electron chi connectivity index (χ1n) is 7.50. The van der Waals surface area contributed by atoms with Gasteiger partial charge in [-0.25, -0.2) is 13.8 Å². The minimum atomic E-state index is -1.14. The molecule has 130 valence electrons. The summed E-state index contributed by atoms with van der Waals surface area (Å²) >= 11 is 0. The van der Waals surface area contributed by atoms with Crippen LogP contribution in [-0.2, 0) is 9.59 Å². The SMILES string of the molecule is CN1C[C@H](c2ccc(F)c(F)c2)[C@@H](C(=O)Nc2cccc(F)n2)C1=O. The quantitative estimate of drug-likeness (QED) is 0.683. The number of likely N-dealkylation sites (tertiary alicyclic amines) is 1. The van der Waals surface area contributed by atoms with Crippen LogP contribution < -0.4 is 5.32 Å². The number of aromatic nitrogens is 1. The summed E-state index contributed by atoms with van der Waals surface area (Å²) in [7, 11) is 1.52. The predicted octanol–water partition coefficient (Wildman–Crippen LogP) is 2.31. The van der Waals surface area contributed by atoms with Gasteiger partial charge < -0.3 is 10.2 Å². The van der Waals surface area contributed by atoms with Gasteiger partial charge in [-0.15, -0.1) is 0 Å². The van der Waals surface area contributed by atoms with E-state index in [0.29, 0.717) is 5.56 Å². The normalized spacial score (nSPS) is 20.0. The number of likely N-dealkylation sites (N-methyl/N-ethyl adjacent to an activating group) is 1. The zero-order valence-electron chi connectivity index (χ0n) is 13.2. The molecule has 1 aromatic carbocycles. The summed E-state index contributed by atoms with van der Waals surface area (Å²) in [6.45, 7) is 0.179. The van der Waals surface area contributed by atoms with Gasteiger partial charge in [-0.3, -0.25) is 9.59 Å². The maximum atomic E-state index is 13.5. The predicted molar refractivity (Wildman–Crippen MR) is 83.1 cm³/mol. The number of carbonyl (C=O) groups is 2. The summed E-state index contributed by atoms with van der Waals surface area (Å²) in [6, 6.07) is 7.15. The molecule has 25 heavy (non-hydrogen) atoms. The van der Waals surface area contributed by atoms with Crippen LogP contribution in [0.4, 0.5) is 19.0 Å². The Morgan fingerprint density at radius 1 is 1.20 bits per heavy atom. The Morgan fingerprint density at radius 3 is 2.64 bits per heavy atom. The third kappa shape index (κ3) is 3.33. The zero-order valence-corrected chi connectivity index (χ0v) is 13.2. The molecule has 0 spiro atoms. The van der Waals surface area contributed by atoms with Gasteiger partial charge in [0, 0.05) is 19.5 Å². The van der Waals surface area contributed by atoms with E-state index in [1.807, 2.05) is 0 Å². The number of amides is 2. The second-order valence-corrected chi connectivity index (χ2v) is 5.81. The first-order valence-corrected chi connectivity index (χ1v) is 7.50. The number of pyridine rings is 1. The minimum absolute atomic E-state index is 0.0311. The number of nitrogens with zero attached hydrogens (tertiary/aromatic N) is 2. The summed E-state index contributed by atoms with van der Waals surface area (Å²) < 4.78 is 39.8. The van der Waals surface area contributed by atoms with Crippen molar-refractivity contribution in [3.8, 4) is 0 Å². The molecule has 0 aliphatic carbocycles. The van der Waals surface area contributed by atoms with Crippen molar-refractivity contribution in [2.45, 2.75) is 5.92 Å². The Hall–Kier alpha value is -2.90. The van der Waals surface area contributed by atoms with E-state index in [2.05, 4.69) is 10.3 Å². The summed E-state index contributed by atoms with van der Waals surface area (Å²) in [5, 5.41) is 2.40. The Morgan fingerprint density at radius 2 is 1.96 bits per heavy atom. The zero-order chi connectivity index (χ0) is 18.1. The van der Waals surface area contributed by atoms with Crippen LogP contribution in [0.3, 0.4) is 0 Å². The highest BCUT2D eigenvalue weighted by molar-refractivity contribution is 6.08. The summed E-state index contributed by atoms with van der Waals surface area (Å²) in [6.07, 6.45) is 0. The topological polar surface area (TPSA) is 62.3 Å². The fraction of sp³-hybridized carbons (Fsp3) is 0.235. The van der Waals surface area contributed by atoms with Crippen molar-refractivity contribution in [3.05, 3.63) is 59.5 Å². The van der Waals surface area contributed by atoms with Gasteiger partial charge in [0.25, 0.3) is 0 Å². The minimum Gasteiger partial charge on any atom is -0.344 e.